The zero-order chi connectivity index (χ0) is 23.8. The van der Waals surface area contributed by atoms with Gasteiger partial charge in [-0.05, 0) is 36.8 Å². The molecule has 33 heavy (non-hydrogen) atoms. The summed E-state index contributed by atoms with van der Waals surface area (Å²) in [6, 6.07) is 14.1. The molecule has 1 aliphatic heterocycles. The van der Waals surface area contributed by atoms with Crippen LogP contribution >= 0.6 is 0 Å². The standard InChI is InChI=1S/C25H30N2O6/c1-5-33-21-9-7-6-8-20(21)27-24(28)22(18-10-12-19(32-4)13-11-18)23(25(27)29)26(14-16-30-2)15-17-31-3/h6-13H,5,14-17H2,1-4H3. The number of benzene rings is 2. The molecule has 0 spiro atoms. The van der Waals surface area contributed by atoms with Crippen LogP contribution in [-0.2, 0) is 19.1 Å². The van der Waals surface area contributed by atoms with Gasteiger partial charge in [0.05, 0.1) is 38.2 Å². The molecule has 0 fully saturated rings. The molecule has 0 saturated carbocycles. The Morgan fingerprint density at radius 2 is 1.48 bits per heavy atom. The molecule has 1 aliphatic rings. The zero-order valence-electron chi connectivity index (χ0n) is 19.5. The number of para-hydroxylation sites is 2. The van der Waals surface area contributed by atoms with E-state index in [1.54, 1.807) is 63.8 Å². The maximum atomic E-state index is 13.8. The Balaban J connectivity index is 2.14. The fourth-order valence-corrected chi connectivity index (χ4v) is 3.71. The van der Waals surface area contributed by atoms with Crippen LogP contribution in [0.15, 0.2) is 54.2 Å². The van der Waals surface area contributed by atoms with Crippen LogP contribution in [0.3, 0.4) is 0 Å². The van der Waals surface area contributed by atoms with E-state index in [4.69, 9.17) is 18.9 Å². The molecule has 2 amide bonds. The summed E-state index contributed by atoms with van der Waals surface area (Å²) in [6.45, 7) is 3.89. The third-order valence-electron chi connectivity index (χ3n) is 5.29. The van der Waals surface area contributed by atoms with E-state index in [9.17, 15) is 9.59 Å². The number of rotatable bonds is 12. The quantitative estimate of drug-likeness (QED) is 0.456. The second-order valence-corrected chi connectivity index (χ2v) is 7.27. The number of hydrogen-bond acceptors (Lipinski definition) is 7. The molecule has 0 unspecified atom stereocenters. The summed E-state index contributed by atoms with van der Waals surface area (Å²) in [5.41, 5.74) is 1.67. The predicted molar refractivity (Wildman–Crippen MR) is 125 cm³/mol. The van der Waals surface area contributed by atoms with E-state index in [1.807, 2.05) is 17.9 Å². The lowest BCUT2D eigenvalue weighted by atomic mass is 10.0. The van der Waals surface area contributed by atoms with Crippen molar-refractivity contribution < 1.29 is 28.5 Å². The summed E-state index contributed by atoms with van der Waals surface area (Å²) in [4.78, 5) is 30.6. The van der Waals surface area contributed by atoms with Crippen molar-refractivity contribution >= 4 is 23.1 Å². The Kier molecular flexibility index (Phi) is 8.46. The molecule has 0 saturated heterocycles. The van der Waals surface area contributed by atoms with E-state index in [0.29, 0.717) is 66.9 Å². The lowest BCUT2D eigenvalue weighted by Crippen LogP contribution is -2.37. The van der Waals surface area contributed by atoms with Gasteiger partial charge in [-0.15, -0.1) is 0 Å². The van der Waals surface area contributed by atoms with Crippen LogP contribution < -0.4 is 14.4 Å². The fraction of sp³-hybridized carbons (Fsp3) is 0.360. The maximum Gasteiger partial charge on any atom is 0.282 e. The molecular weight excluding hydrogens is 424 g/mol. The molecule has 3 rings (SSSR count). The van der Waals surface area contributed by atoms with E-state index in [1.165, 1.54) is 4.90 Å². The van der Waals surface area contributed by atoms with Crippen molar-refractivity contribution in [3.63, 3.8) is 0 Å². The highest BCUT2D eigenvalue weighted by atomic mass is 16.5. The first-order chi connectivity index (χ1) is 16.1. The van der Waals surface area contributed by atoms with Crippen LogP contribution in [0.1, 0.15) is 12.5 Å². The molecule has 8 nitrogen and oxygen atoms in total. The number of carbonyl (C=O) groups excluding carboxylic acids is 2. The summed E-state index contributed by atoms with van der Waals surface area (Å²) < 4.78 is 21.5. The Morgan fingerprint density at radius 1 is 0.848 bits per heavy atom. The van der Waals surface area contributed by atoms with Crippen molar-refractivity contribution in [2.45, 2.75) is 6.92 Å². The Hall–Kier alpha value is -3.36. The SMILES string of the molecule is CCOc1ccccc1N1C(=O)C(c2ccc(OC)cc2)=C(N(CCOC)CCOC)C1=O. The van der Waals surface area contributed by atoms with E-state index < -0.39 is 11.8 Å². The Bertz CT molecular complexity index is 994. The molecule has 2 aromatic carbocycles. The number of ether oxygens (including phenoxy) is 4. The van der Waals surface area contributed by atoms with E-state index in [-0.39, 0.29) is 0 Å². The van der Waals surface area contributed by atoms with Gasteiger partial charge in [-0.25, -0.2) is 4.90 Å². The number of nitrogens with zero attached hydrogens (tertiary/aromatic N) is 2. The third-order valence-corrected chi connectivity index (χ3v) is 5.29. The van der Waals surface area contributed by atoms with Crippen LogP contribution in [0.2, 0.25) is 0 Å². The van der Waals surface area contributed by atoms with Crippen LogP contribution in [0.5, 0.6) is 11.5 Å². The molecule has 2 aromatic rings. The van der Waals surface area contributed by atoms with Gasteiger partial charge in [0.1, 0.15) is 17.2 Å². The van der Waals surface area contributed by atoms with Crippen LogP contribution in [-0.4, -0.2) is 71.0 Å². The Morgan fingerprint density at radius 3 is 2.06 bits per heavy atom. The summed E-state index contributed by atoms with van der Waals surface area (Å²) in [5, 5.41) is 0. The zero-order valence-corrected chi connectivity index (χ0v) is 19.5. The van der Waals surface area contributed by atoms with Gasteiger partial charge >= 0.3 is 0 Å². The highest BCUT2D eigenvalue weighted by molar-refractivity contribution is 6.45. The summed E-state index contributed by atoms with van der Waals surface area (Å²) >= 11 is 0. The second-order valence-electron chi connectivity index (χ2n) is 7.27. The second kappa shape index (κ2) is 11.5. The van der Waals surface area contributed by atoms with Gasteiger partial charge in [0.15, 0.2) is 0 Å². The lowest BCUT2D eigenvalue weighted by Gasteiger charge is -2.26. The number of hydrogen-bond donors (Lipinski definition) is 0. The number of carbonyl (C=O) groups is 2. The van der Waals surface area contributed by atoms with Crippen molar-refractivity contribution in [2.75, 3.05) is 59.1 Å². The highest BCUT2D eigenvalue weighted by Crippen LogP contribution is 2.38. The van der Waals surface area contributed by atoms with Gasteiger partial charge in [-0.1, -0.05) is 24.3 Å². The highest BCUT2D eigenvalue weighted by Gasteiger charge is 2.43. The maximum absolute atomic E-state index is 13.8. The van der Waals surface area contributed by atoms with Crippen LogP contribution in [0, 0.1) is 0 Å². The third kappa shape index (κ3) is 5.18. The molecule has 0 radical (unpaired) electrons. The molecule has 0 aliphatic carbocycles. The van der Waals surface area contributed by atoms with Crippen molar-refractivity contribution in [3.05, 3.63) is 59.8 Å². The summed E-state index contributed by atoms with van der Waals surface area (Å²) in [6.07, 6.45) is 0. The molecular formula is C25H30N2O6. The minimum absolute atomic E-state index is 0.311. The first kappa shape index (κ1) is 24.3. The average Bonchev–Trinajstić information content (AvgIpc) is 3.09. The number of methoxy groups -OCH3 is 3. The number of imide groups is 1. The van der Waals surface area contributed by atoms with E-state index in [0.717, 1.165) is 0 Å². The topological polar surface area (TPSA) is 77.5 Å². The van der Waals surface area contributed by atoms with Crippen molar-refractivity contribution in [1.29, 1.82) is 0 Å². The minimum atomic E-state index is -0.412. The largest absolute Gasteiger partial charge is 0.497 e. The fourth-order valence-electron chi connectivity index (χ4n) is 3.71. The predicted octanol–water partition coefficient (Wildman–Crippen LogP) is 2.97. The number of amides is 2. The van der Waals surface area contributed by atoms with Gasteiger partial charge < -0.3 is 23.8 Å². The van der Waals surface area contributed by atoms with Crippen LogP contribution in [0.25, 0.3) is 5.57 Å². The molecule has 0 bridgehead atoms. The monoisotopic (exact) mass is 454 g/mol. The molecule has 1 heterocycles. The molecule has 176 valence electrons. The first-order valence-electron chi connectivity index (χ1n) is 10.8. The normalized spacial score (nSPS) is 13.6. The minimum Gasteiger partial charge on any atom is -0.497 e. The van der Waals surface area contributed by atoms with Crippen molar-refractivity contribution in [1.82, 2.24) is 4.90 Å². The van der Waals surface area contributed by atoms with Gasteiger partial charge in [-0.2, -0.15) is 0 Å². The van der Waals surface area contributed by atoms with Gasteiger partial charge in [0.2, 0.25) is 0 Å². The summed E-state index contributed by atoms with van der Waals surface area (Å²) in [7, 11) is 4.77. The molecule has 8 heteroatoms. The van der Waals surface area contributed by atoms with Gasteiger partial charge in [-0.3, -0.25) is 9.59 Å². The summed E-state index contributed by atoms with van der Waals surface area (Å²) in [5.74, 6) is 0.307. The van der Waals surface area contributed by atoms with Crippen molar-refractivity contribution in [2.24, 2.45) is 0 Å². The lowest BCUT2D eigenvalue weighted by molar-refractivity contribution is -0.120. The van der Waals surface area contributed by atoms with Crippen molar-refractivity contribution in [3.8, 4) is 11.5 Å². The molecule has 0 N–H and O–H groups in total. The molecule has 0 atom stereocenters. The molecule has 0 aromatic heterocycles. The first-order valence-corrected chi connectivity index (χ1v) is 10.8. The Labute approximate surface area is 194 Å². The van der Waals surface area contributed by atoms with Gasteiger partial charge in [0, 0.05) is 27.3 Å². The van der Waals surface area contributed by atoms with E-state index >= 15 is 0 Å². The van der Waals surface area contributed by atoms with Gasteiger partial charge in [0.25, 0.3) is 11.8 Å². The van der Waals surface area contributed by atoms with E-state index in [2.05, 4.69) is 0 Å². The average molecular weight is 455 g/mol. The number of anilines is 1. The van der Waals surface area contributed by atoms with Crippen LogP contribution in [0.4, 0.5) is 5.69 Å². The smallest absolute Gasteiger partial charge is 0.282 e.